The van der Waals surface area contributed by atoms with Gasteiger partial charge >= 0.3 is 5.97 Å². The molecular weight excluding hydrogens is 415 g/mol. The highest BCUT2D eigenvalue weighted by Crippen LogP contribution is 2.10. The number of esters is 1. The van der Waals surface area contributed by atoms with Gasteiger partial charge in [0, 0.05) is 19.1 Å². The second-order valence-corrected chi connectivity index (χ2v) is 6.48. The maximum absolute atomic E-state index is 13.5. The van der Waals surface area contributed by atoms with Gasteiger partial charge in [-0.1, -0.05) is 24.3 Å². The number of halogens is 1. The quantitative estimate of drug-likeness (QED) is 0.547. The van der Waals surface area contributed by atoms with Crippen molar-refractivity contribution in [3.63, 3.8) is 0 Å². The van der Waals surface area contributed by atoms with E-state index in [0.29, 0.717) is 0 Å². The zero-order valence-electron chi connectivity index (χ0n) is 21.1. The van der Waals surface area contributed by atoms with Crippen LogP contribution in [-0.2, 0) is 17.7 Å². The summed E-state index contributed by atoms with van der Waals surface area (Å²) in [5.41, 5.74) is -0.248. The zero-order valence-corrected chi connectivity index (χ0v) is 17.1. The number of nitrogens with zero attached hydrogens (tertiary/aromatic N) is 2. The molecule has 164 valence electrons. The fraction of sp³-hybridized carbons (Fsp3) is 0.174. The van der Waals surface area contributed by atoms with Gasteiger partial charge in [-0.25, -0.2) is 19.2 Å². The predicted octanol–water partition coefficient (Wildman–Crippen LogP) is 2.57. The summed E-state index contributed by atoms with van der Waals surface area (Å²) < 4.78 is 50.7. The maximum atomic E-state index is 13.5. The van der Waals surface area contributed by atoms with Crippen LogP contribution in [0.4, 0.5) is 4.39 Å². The van der Waals surface area contributed by atoms with Crippen molar-refractivity contribution in [1.82, 2.24) is 20.6 Å². The number of aromatic nitrogens is 2. The van der Waals surface area contributed by atoms with Gasteiger partial charge in [-0.2, -0.15) is 0 Å². The molecule has 0 spiro atoms. The topological polar surface area (TPSA) is 110 Å². The third-order valence-electron chi connectivity index (χ3n) is 4.24. The molecule has 2 aromatic carbocycles. The Morgan fingerprint density at radius 2 is 1.50 bits per heavy atom. The van der Waals surface area contributed by atoms with E-state index in [9.17, 15) is 18.8 Å². The van der Waals surface area contributed by atoms with Crippen LogP contribution in [0.3, 0.4) is 0 Å². The molecule has 1 heterocycles. The standard InChI is InChI=1S/C23H21FN4O4/c1-14-9-16(5-8-18(14)24)12-26-22(30)20-10-19(27-13-28-20)21(29)25-11-15-3-6-17(7-4-15)23(31)32-2/h3-10,13H,11-12H2,1-2H3,(H,25,29)(H,26,30)/i11D2,12D2. The molecule has 0 saturated heterocycles. The summed E-state index contributed by atoms with van der Waals surface area (Å²) in [6.07, 6.45) is 0.905. The van der Waals surface area contributed by atoms with E-state index in [-0.39, 0.29) is 33.6 Å². The number of methoxy groups -OCH3 is 1. The molecule has 2 amide bonds. The van der Waals surface area contributed by atoms with Gasteiger partial charge in [-0.3, -0.25) is 9.59 Å². The molecule has 0 aliphatic carbocycles. The van der Waals surface area contributed by atoms with Crippen molar-refractivity contribution in [2.45, 2.75) is 19.9 Å². The maximum Gasteiger partial charge on any atom is 0.337 e. The number of hydrogen-bond donors (Lipinski definition) is 2. The van der Waals surface area contributed by atoms with E-state index in [1.54, 1.807) is 0 Å². The van der Waals surface area contributed by atoms with Crippen molar-refractivity contribution in [1.29, 1.82) is 0 Å². The lowest BCUT2D eigenvalue weighted by atomic mass is 10.1. The largest absolute Gasteiger partial charge is 0.465 e. The number of ether oxygens (including phenoxy) is 1. The van der Waals surface area contributed by atoms with Gasteiger partial charge in [0.25, 0.3) is 11.8 Å². The first-order valence-electron chi connectivity index (χ1n) is 11.3. The Hall–Kier alpha value is -4.14. The van der Waals surface area contributed by atoms with Crippen molar-refractivity contribution in [3.05, 3.63) is 94.3 Å². The lowest BCUT2D eigenvalue weighted by Gasteiger charge is -2.08. The molecule has 9 heteroatoms. The summed E-state index contributed by atoms with van der Waals surface area (Å²) in [6, 6.07) is 9.82. The molecule has 0 saturated carbocycles. The van der Waals surface area contributed by atoms with Gasteiger partial charge in [0.1, 0.15) is 23.5 Å². The first kappa shape index (κ1) is 17.5. The van der Waals surface area contributed by atoms with E-state index >= 15 is 0 Å². The summed E-state index contributed by atoms with van der Waals surface area (Å²) >= 11 is 0. The normalized spacial score (nSPS) is 13.1. The highest BCUT2D eigenvalue weighted by molar-refractivity contribution is 5.97. The van der Waals surface area contributed by atoms with Gasteiger partial charge in [0.05, 0.1) is 18.2 Å². The zero-order chi connectivity index (χ0) is 26.7. The van der Waals surface area contributed by atoms with E-state index < -0.39 is 36.6 Å². The Kier molecular flexibility index (Phi) is 5.62. The van der Waals surface area contributed by atoms with Crippen molar-refractivity contribution in [2.75, 3.05) is 7.11 Å². The fourth-order valence-corrected chi connectivity index (χ4v) is 2.52. The van der Waals surface area contributed by atoms with E-state index in [1.165, 1.54) is 50.4 Å². The second kappa shape index (κ2) is 10.3. The Morgan fingerprint density at radius 3 is 2.06 bits per heavy atom. The van der Waals surface area contributed by atoms with Gasteiger partial charge in [-0.05, 0) is 41.8 Å². The Bertz CT molecular complexity index is 1320. The number of aryl methyl sites for hydroxylation is 1. The molecule has 0 atom stereocenters. The van der Waals surface area contributed by atoms with Gasteiger partial charge in [0.15, 0.2) is 0 Å². The second-order valence-electron chi connectivity index (χ2n) is 6.48. The number of carbonyl (C=O) groups excluding carboxylic acids is 3. The smallest absolute Gasteiger partial charge is 0.337 e. The Labute approximate surface area is 189 Å². The predicted molar refractivity (Wildman–Crippen MR) is 113 cm³/mol. The Morgan fingerprint density at radius 1 is 0.938 bits per heavy atom. The van der Waals surface area contributed by atoms with Crippen LogP contribution in [0.25, 0.3) is 0 Å². The molecule has 1 aromatic heterocycles. The van der Waals surface area contributed by atoms with E-state index in [1.807, 2.05) is 0 Å². The number of nitrogens with one attached hydrogen (secondary N) is 2. The van der Waals surface area contributed by atoms with Gasteiger partial charge < -0.3 is 15.4 Å². The molecule has 0 radical (unpaired) electrons. The summed E-state index contributed by atoms with van der Waals surface area (Å²) in [7, 11) is 1.21. The fourth-order valence-electron chi connectivity index (χ4n) is 2.52. The minimum atomic E-state index is -2.38. The van der Waals surface area contributed by atoms with Crippen LogP contribution in [0.15, 0.2) is 54.9 Å². The van der Waals surface area contributed by atoms with Crippen molar-refractivity contribution >= 4 is 17.8 Å². The third-order valence-corrected chi connectivity index (χ3v) is 4.24. The average molecular weight is 440 g/mol. The number of amides is 2. The van der Waals surface area contributed by atoms with Crippen molar-refractivity contribution in [3.8, 4) is 0 Å². The number of benzene rings is 2. The highest BCUT2D eigenvalue weighted by Gasteiger charge is 2.13. The molecule has 0 aliphatic rings. The van der Waals surface area contributed by atoms with Crippen LogP contribution in [0.1, 0.15) is 53.5 Å². The van der Waals surface area contributed by atoms with Crippen LogP contribution in [-0.4, -0.2) is 34.9 Å². The molecule has 3 aromatic rings. The number of carbonyl (C=O) groups is 3. The summed E-state index contributed by atoms with van der Waals surface area (Å²) in [5.74, 6) is -3.06. The molecule has 8 nitrogen and oxygen atoms in total. The molecule has 2 N–H and O–H groups in total. The van der Waals surface area contributed by atoms with Gasteiger partial charge in [-0.15, -0.1) is 0 Å². The van der Waals surface area contributed by atoms with Crippen LogP contribution < -0.4 is 10.6 Å². The first-order valence-corrected chi connectivity index (χ1v) is 9.26. The highest BCUT2D eigenvalue weighted by atomic mass is 19.1. The summed E-state index contributed by atoms with van der Waals surface area (Å²) in [4.78, 5) is 44.3. The molecule has 0 fully saturated rings. The van der Waals surface area contributed by atoms with Crippen molar-refractivity contribution in [2.24, 2.45) is 0 Å². The van der Waals surface area contributed by atoms with Crippen LogP contribution >= 0.6 is 0 Å². The number of rotatable bonds is 7. The lowest BCUT2D eigenvalue weighted by Crippen LogP contribution is -2.27. The molecule has 0 unspecified atom stereocenters. The van der Waals surface area contributed by atoms with Crippen LogP contribution in [0, 0.1) is 12.7 Å². The summed E-state index contributed by atoms with van der Waals surface area (Å²) in [5, 5.41) is 4.28. The molecular formula is C23H21FN4O4. The first-order chi connectivity index (χ1) is 16.8. The molecule has 32 heavy (non-hydrogen) atoms. The van der Waals surface area contributed by atoms with Gasteiger partial charge in [0.2, 0.25) is 0 Å². The number of hydrogen-bond acceptors (Lipinski definition) is 6. The molecule has 0 bridgehead atoms. The van der Waals surface area contributed by atoms with Crippen LogP contribution in [0.2, 0.25) is 0 Å². The van der Waals surface area contributed by atoms with E-state index in [0.717, 1.165) is 18.5 Å². The van der Waals surface area contributed by atoms with E-state index in [4.69, 9.17) is 5.48 Å². The SMILES string of the molecule is [2H]C([2H])(NC(=O)c1cc(C(=O)NC([2H])([2H])c2ccc(F)c(C)c2)ncn1)c1ccc(C(=O)OC)cc1. The minimum Gasteiger partial charge on any atom is -0.465 e. The Balaban J connectivity index is 1.75. The van der Waals surface area contributed by atoms with E-state index in [2.05, 4.69) is 25.3 Å². The monoisotopic (exact) mass is 440 g/mol. The third kappa shape index (κ3) is 5.72. The minimum absolute atomic E-state index is 0.00758. The average Bonchev–Trinajstić information content (AvgIpc) is 2.84. The lowest BCUT2D eigenvalue weighted by molar-refractivity contribution is 0.0600. The van der Waals surface area contributed by atoms with Crippen LogP contribution in [0.5, 0.6) is 0 Å². The molecule has 3 rings (SSSR count). The van der Waals surface area contributed by atoms with Crippen molar-refractivity contribution < 1.29 is 29.0 Å². The molecule has 0 aliphatic heterocycles. The summed E-state index contributed by atoms with van der Waals surface area (Å²) in [6.45, 7) is -3.29.